The van der Waals surface area contributed by atoms with E-state index in [0.29, 0.717) is 22.8 Å². The van der Waals surface area contributed by atoms with Crippen molar-refractivity contribution in [2.75, 3.05) is 85.7 Å². The van der Waals surface area contributed by atoms with Crippen molar-refractivity contribution < 1.29 is 93.3 Å². The van der Waals surface area contributed by atoms with E-state index in [0.717, 1.165) is 22.3 Å². The van der Waals surface area contributed by atoms with Crippen molar-refractivity contribution in [2.45, 2.75) is 73.2 Å². The van der Waals surface area contributed by atoms with Crippen LogP contribution >= 0.6 is 0 Å². The molecule has 4 atom stereocenters. The molecule has 0 saturated carbocycles. The first-order valence-electron chi connectivity index (χ1n) is 30.7. The number of aliphatic carboxylic acids is 1. The lowest BCUT2D eigenvalue weighted by Gasteiger charge is -2.40. The van der Waals surface area contributed by atoms with E-state index in [4.69, 9.17) is 47.7 Å². The third-order valence-corrected chi connectivity index (χ3v) is 19.3. The highest BCUT2D eigenvalue weighted by Gasteiger charge is 2.48. The summed E-state index contributed by atoms with van der Waals surface area (Å²) in [6.45, 7) is 7.32. The number of esters is 1. The van der Waals surface area contributed by atoms with Gasteiger partial charge in [-0.3, -0.25) is 29.1 Å². The number of pyridine rings is 2. The van der Waals surface area contributed by atoms with Crippen LogP contribution in [0.3, 0.4) is 0 Å². The van der Waals surface area contributed by atoms with Crippen molar-refractivity contribution in [3.8, 4) is 23.0 Å². The third-order valence-electron chi connectivity index (χ3n) is 16.5. The second-order valence-electron chi connectivity index (χ2n) is 22.3. The van der Waals surface area contributed by atoms with Crippen LogP contribution in [0, 0.1) is 0 Å². The molecule has 4 amide bonds. The quantitative estimate of drug-likeness (QED) is 0.0303. The normalized spacial score (nSPS) is 17.2. The van der Waals surface area contributed by atoms with Gasteiger partial charge in [0.1, 0.15) is 26.4 Å². The number of carboxylic acid groups (broad SMARTS) is 1. The Bertz CT molecular complexity index is 4360. The average molecular weight is 1400 g/mol. The molecule has 30 heteroatoms. The van der Waals surface area contributed by atoms with E-state index in [1.54, 1.807) is 70.5 Å². The van der Waals surface area contributed by atoms with Crippen LogP contribution in [-0.4, -0.2) is 178 Å². The summed E-state index contributed by atoms with van der Waals surface area (Å²) < 4.78 is 105. The number of carboxylic acids is 1. The number of benzene rings is 4. The second kappa shape index (κ2) is 32.2. The Labute approximate surface area is 572 Å². The zero-order valence-electron chi connectivity index (χ0n) is 55.2. The summed E-state index contributed by atoms with van der Waals surface area (Å²) in [6, 6.07) is 27.6. The highest BCUT2D eigenvalue weighted by molar-refractivity contribution is 7.89. The van der Waals surface area contributed by atoms with Crippen molar-refractivity contribution >= 4 is 78.5 Å². The molecule has 2 aromatic heterocycles. The van der Waals surface area contributed by atoms with Gasteiger partial charge in [-0.1, -0.05) is 73.9 Å². The Morgan fingerprint density at radius 3 is 1.31 bits per heavy atom. The molecular weight excluding hydrogens is 1320 g/mol. The van der Waals surface area contributed by atoms with Crippen LogP contribution in [0.5, 0.6) is 23.0 Å². The molecule has 28 nitrogen and oxygen atoms in total. The predicted octanol–water partition coefficient (Wildman–Crippen LogP) is 7.32. The van der Waals surface area contributed by atoms with Gasteiger partial charge in [0.05, 0.1) is 101 Å². The number of ether oxygens (including phenoxy) is 9. The van der Waals surface area contributed by atoms with Crippen molar-refractivity contribution in [1.82, 2.24) is 29.2 Å². The van der Waals surface area contributed by atoms with E-state index < -0.39 is 68.7 Å². The van der Waals surface area contributed by atoms with Crippen LogP contribution in [0.4, 0.5) is 21.0 Å². The molecule has 0 radical (unpaired) electrons. The van der Waals surface area contributed by atoms with Gasteiger partial charge in [-0.15, -0.1) is 0 Å². The number of hydrogen-bond acceptors (Lipinski definition) is 21. The Hall–Kier alpha value is -10.5. The lowest BCUT2D eigenvalue weighted by Crippen LogP contribution is -2.55. The smallest absolute Gasteiger partial charge is 0.416 e. The van der Waals surface area contributed by atoms with E-state index in [1.807, 2.05) is 12.2 Å². The summed E-state index contributed by atoms with van der Waals surface area (Å²) in [7, 11) is 2.44. The largest absolute Gasteiger partial charge is 0.493 e. The Kier molecular flexibility index (Phi) is 23.7. The average Bonchev–Trinajstić information content (AvgIpc) is 1.62. The molecule has 99 heavy (non-hydrogen) atoms. The molecule has 6 aromatic rings. The molecule has 4 aliphatic rings. The summed E-state index contributed by atoms with van der Waals surface area (Å²) in [5, 5.41) is 9.15. The minimum atomic E-state index is -3.63. The number of sulfonamides is 2. The molecule has 6 heterocycles. The lowest BCUT2D eigenvalue weighted by molar-refractivity contribution is -0.140. The number of fused-ring (bicyclic) bond motifs is 4. The number of rotatable bonds is 24. The van der Waals surface area contributed by atoms with E-state index in [2.05, 4.69) is 32.6 Å². The van der Waals surface area contributed by atoms with Gasteiger partial charge in [0.15, 0.2) is 35.5 Å². The van der Waals surface area contributed by atoms with Gasteiger partial charge < -0.3 is 57.5 Å². The van der Waals surface area contributed by atoms with Crippen molar-refractivity contribution in [3.05, 3.63) is 192 Å². The highest BCUT2D eigenvalue weighted by atomic mass is 32.2. The fraction of sp³-hybridized carbons (Fsp3) is 0.304. The standard InChI is InChI=1S/C35H38N4O10S.C34H36N4O10S/c1-6-16-48-35(42)39-28-20-31(49-21-25-9-7-8-24(37-25)18-32(40)46-4)30(45-3)19-27(28)33(41)38-15-14-23(17-29(38)34(39)47-5)22-10-12-26(13-11-22)50(43,44)36-2;1-5-15-47-34(42)38-27-19-30(48-20-24-8-6-7-23(36-24)17-31(39)40)29(45-3)18-26(27)32(41)37-14-13-22(16-28(37)33(38)46-4)21-9-11-25(12-10-21)49(43,44)35-2/h6-14,19-20,29,34,36H,1,15-18,21H2,2-5H3;5-13,18-19,28,33,35H,1,14-17,20H2,2-4H3,(H,39,40)/t29-,34?;28-,33?/m00/s1. The number of carbonyl (C=O) groups is 6. The maximum atomic E-state index is 14.3. The molecule has 4 aliphatic heterocycles. The van der Waals surface area contributed by atoms with Gasteiger partial charge in [0, 0.05) is 39.4 Å². The summed E-state index contributed by atoms with van der Waals surface area (Å²) in [5.74, 6) is -1.36. The molecule has 10 rings (SSSR count). The fourth-order valence-corrected chi connectivity index (χ4v) is 13.1. The van der Waals surface area contributed by atoms with Gasteiger partial charge in [-0.25, -0.2) is 45.7 Å². The second-order valence-corrected chi connectivity index (χ2v) is 26.1. The Morgan fingerprint density at radius 2 is 0.960 bits per heavy atom. The number of nitrogens with one attached hydrogen (secondary N) is 2. The molecule has 4 aromatic carbocycles. The molecule has 0 fully saturated rings. The minimum absolute atomic E-state index is 0.00734. The molecule has 2 unspecified atom stereocenters. The monoisotopic (exact) mass is 1400 g/mol. The fourth-order valence-electron chi connectivity index (χ4n) is 11.6. The number of amides is 4. The molecule has 0 spiro atoms. The van der Waals surface area contributed by atoms with Crippen molar-refractivity contribution in [3.63, 3.8) is 0 Å². The van der Waals surface area contributed by atoms with E-state index in [1.165, 1.54) is 120 Å². The van der Waals surface area contributed by atoms with Gasteiger partial charge in [-0.05, 0) is 110 Å². The number of nitrogens with zero attached hydrogens (tertiary/aromatic N) is 6. The van der Waals surface area contributed by atoms with E-state index in [-0.39, 0.29) is 132 Å². The molecule has 0 aliphatic carbocycles. The van der Waals surface area contributed by atoms with Crippen LogP contribution in [0.2, 0.25) is 0 Å². The number of carbonyl (C=O) groups excluding carboxylic acids is 5. The number of hydrogen-bond donors (Lipinski definition) is 3. The summed E-state index contributed by atoms with van der Waals surface area (Å²) >= 11 is 0. The topological polar surface area (TPSA) is 337 Å². The molecule has 0 saturated heterocycles. The number of anilines is 2. The highest BCUT2D eigenvalue weighted by Crippen LogP contribution is 2.45. The van der Waals surface area contributed by atoms with Crippen molar-refractivity contribution in [1.29, 1.82) is 0 Å². The first-order valence-corrected chi connectivity index (χ1v) is 33.7. The molecule has 522 valence electrons. The van der Waals surface area contributed by atoms with Gasteiger partial charge >= 0.3 is 24.1 Å². The van der Waals surface area contributed by atoms with E-state index in [9.17, 15) is 45.6 Å². The van der Waals surface area contributed by atoms with Gasteiger partial charge in [-0.2, -0.15) is 0 Å². The van der Waals surface area contributed by atoms with Crippen LogP contribution < -0.4 is 38.2 Å². The maximum absolute atomic E-state index is 14.3. The minimum Gasteiger partial charge on any atom is -0.493 e. The molecule has 0 bridgehead atoms. The zero-order valence-corrected chi connectivity index (χ0v) is 56.8. The van der Waals surface area contributed by atoms with Gasteiger partial charge in [0.2, 0.25) is 20.0 Å². The third kappa shape index (κ3) is 16.4. The zero-order chi connectivity index (χ0) is 71.3. The summed E-state index contributed by atoms with van der Waals surface area (Å²) in [4.78, 5) is 93.8. The lowest BCUT2D eigenvalue weighted by atomic mass is 9.93. The maximum Gasteiger partial charge on any atom is 0.416 e. The summed E-state index contributed by atoms with van der Waals surface area (Å²) in [5.41, 5.74) is 5.64. The number of methoxy groups -OCH3 is 5. The van der Waals surface area contributed by atoms with Crippen molar-refractivity contribution in [2.24, 2.45) is 0 Å². The number of aromatic nitrogens is 2. The first kappa shape index (κ1) is 72.8. The summed E-state index contributed by atoms with van der Waals surface area (Å²) in [6.07, 6.45) is 3.30. The SMILES string of the molecule is C=CCOC(=O)N1c2cc(OCc3cccc(CC(=O)O)n3)c(OC)cc2C(=O)N2CC=C(c3ccc(S(=O)(=O)NC)cc3)C[C@H]2C1OC.C=CCOC(=O)N1c2cc(OCc3cccc(CC(=O)OC)n3)c(OC)cc2C(=O)N2CC=C(c3ccc(S(=O)(=O)NC)cc3)C[C@H]2C1OC. The Balaban J connectivity index is 0.000000231. The van der Waals surface area contributed by atoms with E-state index >= 15 is 0 Å². The predicted molar refractivity (Wildman–Crippen MR) is 360 cm³/mol. The molecule has 3 N–H and O–H groups in total. The van der Waals surface area contributed by atoms with Crippen LogP contribution in [0.15, 0.2) is 156 Å². The van der Waals surface area contributed by atoms with Crippen LogP contribution in [0.1, 0.15) is 67.5 Å². The first-order chi connectivity index (χ1) is 47.5. The van der Waals surface area contributed by atoms with Crippen LogP contribution in [-0.2, 0) is 79.4 Å². The molecular formula is C69H74N8O20S2. The van der Waals surface area contributed by atoms with Gasteiger partial charge in [0.25, 0.3) is 11.8 Å². The van der Waals surface area contributed by atoms with Crippen LogP contribution in [0.25, 0.3) is 11.1 Å². The Morgan fingerprint density at radius 1 is 0.566 bits per heavy atom.